The van der Waals surface area contributed by atoms with Gasteiger partial charge in [0, 0.05) is 12.2 Å². The van der Waals surface area contributed by atoms with Gasteiger partial charge in [0.15, 0.2) is 5.78 Å². The van der Waals surface area contributed by atoms with E-state index in [0.717, 1.165) is 19.3 Å². The van der Waals surface area contributed by atoms with Crippen LogP contribution in [0.25, 0.3) is 4.85 Å². The van der Waals surface area contributed by atoms with Crippen molar-refractivity contribution in [3.05, 3.63) is 23.2 Å². The molecule has 0 aromatic rings. The molecule has 2 aliphatic carbocycles. The van der Waals surface area contributed by atoms with Crippen LogP contribution in [-0.2, 0) is 4.79 Å². The van der Waals surface area contributed by atoms with E-state index < -0.39 is 16.9 Å². The molecule has 1 fully saturated rings. The van der Waals surface area contributed by atoms with E-state index in [2.05, 4.69) is 4.85 Å². The molecule has 100 valence electrons. The third-order valence-electron chi connectivity index (χ3n) is 4.70. The first-order valence-electron chi connectivity index (χ1n) is 7.17. The van der Waals surface area contributed by atoms with Gasteiger partial charge in [0.25, 0.3) is 0 Å². The lowest BCUT2D eigenvalue weighted by Gasteiger charge is -2.52. The van der Waals surface area contributed by atoms with Crippen LogP contribution in [0.5, 0.6) is 0 Å². The van der Waals surface area contributed by atoms with Crippen LogP contribution >= 0.6 is 0 Å². The standard InChI is InChI=1S/C14H19NO2.CH4/c1-13(2)10-6-5-7-11(16)14(10,3)8-9(15-4)12(13)17;/h8,10-11,16H,5-7H2,1-3H3;1H4/t10-,11-,14-;/m0./s1/i;1T. The van der Waals surface area contributed by atoms with Crippen LogP contribution in [0.2, 0.25) is 0 Å². The molecule has 0 unspecified atom stereocenters. The average molecular weight is 251 g/mol. The SMILES string of the molecule is [3H]C.[C-]#[N+]C1=C[C@]2(C)[C@@H](O)CCC[C@H]2C(C)(C)C1=O. The number of allylic oxidation sites excluding steroid dienone is 1. The maximum Gasteiger partial charge on any atom is 0.226 e. The Balaban J connectivity index is 0.000000861. The molecule has 3 nitrogen and oxygen atoms in total. The third-order valence-corrected chi connectivity index (χ3v) is 4.70. The highest BCUT2D eigenvalue weighted by molar-refractivity contribution is 6.02. The van der Waals surface area contributed by atoms with Crippen molar-refractivity contribution in [1.29, 1.82) is 0 Å². The van der Waals surface area contributed by atoms with Gasteiger partial charge in [0.1, 0.15) is 0 Å². The summed E-state index contributed by atoms with van der Waals surface area (Å²) in [6.07, 6.45) is 3.96. The molecule has 3 atom stereocenters. The van der Waals surface area contributed by atoms with Gasteiger partial charge in [-0.3, -0.25) is 0 Å². The molecule has 2 aliphatic rings. The Hall–Kier alpha value is -1.14. The summed E-state index contributed by atoms with van der Waals surface area (Å²) >= 11 is 0. The Morgan fingerprint density at radius 3 is 2.67 bits per heavy atom. The van der Waals surface area contributed by atoms with Gasteiger partial charge in [-0.15, -0.1) is 0 Å². The molecule has 3 heteroatoms. The zero-order valence-corrected chi connectivity index (χ0v) is 11.7. The number of aliphatic hydroxyl groups excluding tert-OH is 1. The molecule has 0 amide bonds. The second-order valence-corrected chi connectivity index (χ2v) is 6.06. The van der Waals surface area contributed by atoms with Crippen molar-refractivity contribution >= 4 is 5.78 Å². The number of carbonyl (C=O) groups excluding carboxylic acids is 1. The van der Waals surface area contributed by atoms with Crippen molar-refractivity contribution in [3.63, 3.8) is 0 Å². The van der Waals surface area contributed by atoms with Gasteiger partial charge in [-0.25, -0.2) is 4.85 Å². The van der Waals surface area contributed by atoms with Gasteiger partial charge < -0.3 is 9.90 Å². The molecule has 0 spiro atoms. The molecule has 0 aliphatic heterocycles. The van der Waals surface area contributed by atoms with Gasteiger partial charge in [0.2, 0.25) is 5.70 Å². The second-order valence-electron chi connectivity index (χ2n) is 6.06. The van der Waals surface area contributed by atoms with Crippen LogP contribution in [0.3, 0.4) is 0 Å². The summed E-state index contributed by atoms with van der Waals surface area (Å²) in [6, 6.07) is 0. The second kappa shape index (κ2) is 4.51. The number of rotatable bonds is 0. The zero-order valence-electron chi connectivity index (χ0n) is 12.7. The van der Waals surface area contributed by atoms with Crippen molar-refractivity contribution in [3.8, 4) is 0 Å². The smallest absolute Gasteiger partial charge is 0.226 e. The predicted molar refractivity (Wildman–Crippen MR) is 71.7 cm³/mol. The lowest BCUT2D eigenvalue weighted by molar-refractivity contribution is -0.136. The molecule has 0 aromatic carbocycles. The minimum absolute atomic E-state index is 0.0657. The van der Waals surface area contributed by atoms with E-state index in [1.807, 2.05) is 20.8 Å². The third kappa shape index (κ3) is 1.80. The molecule has 0 radical (unpaired) electrons. The number of aliphatic hydroxyl groups is 1. The van der Waals surface area contributed by atoms with Crippen molar-refractivity contribution in [2.45, 2.75) is 53.5 Å². The van der Waals surface area contributed by atoms with Gasteiger partial charge >= 0.3 is 0 Å². The van der Waals surface area contributed by atoms with E-state index in [0.29, 0.717) is 0 Å². The highest BCUT2D eigenvalue weighted by Gasteiger charge is 2.54. The van der Waals surface area contributed by atoms with E-state index >= 15 is 0 Å². The predicted octanol–water partition coefficient (Wildman–Crippen LogP) is 3.20. The van der Waals surface area contributed by atoms with Crippen molar-refractivity contribution in [2.24, 2.45) is 16.7 Å². The fraction of sp³-hybridized carbons (Fsp3) is 0.733. The Morgan fingerprint density at radius 2 is 2.11 bits per heavy atom. The maximum absolute atomic E-state index is 12.2. The number of hydrogen-bond acceptors (Lipinski definition) is 2. The summed E-state index contributed by atoms with van der Waals surface area (Å²) in [7, 11) is 1.25. The first kappa shape index (κ1) is 13.3. The van der Waals surface area contributed by atoms with Crippen molar-refractivity contribution in [2.75, 3.05) is 0 Å². The fourth-order valence-corrected chi connectivity index (χ4v) is 3.64. The summed E-state index contributed by atoms with van der Waals surface area (Å²) in [6.45, 7) is 12.9. The minimum Gasteiger partial charge on any atom is -0.392 e. The Kier molecular flexibility index (Phi) is 3.33. The molecule has 0 saturated heterocycles. The highest BCUT2D eigenvalue weighted by atomic mass is 16.3. The fourth-order valence-electron chi connectivity index (χ4n) is 3.64. The summed E-state index contributed by atoms with van der Waals surface area (Å²) in [5.74, 6) is 0.0702. The van der Waals surface area contributed by atoms with E-state index in [9.17, 15) is 9.90 Å². The lowest BCUT2D eigenvalue weighted by Crippen LogP contribution is -2.53. The quantitative estimate of drug-likeness (QED) is 0.672. The first-order valence-corrected chi connectivity index (χ1v) is 6.17. The topological polar surface area (TPSA) is 41.7 Å². The van der Waals surface area contributed by atoms with Gasteiger partial charge in [-0.1, -0.05) is 40.7 Å². The largest absolute Gasteiger partial charge is 0.392 e. The van der Waals surface area contributed by atoms with Crippen LogP contribution < -0.4 is 0 Å². The highest BCUT2D eigenvalue weighted by Crippen LogP contribution is 2.55. The molecule has 0 bridgehead atoms. The molecule has 1 N–H and O–H groups in total. The van der Waals surface area contributed by atoms with Crippen LogP contribution in [0, 0.1) is 23.3 Å². The number of carbonyl (C=O) groups is 1. The monoisotopic (exact) mass is 251 g/mol. The molecule has 0 aromatic heterocycles. The lowest BCUT2D eigenvalue weighted by atomic mass is 9.52. The van der Waals surface area contributed by atoms with Gasteiger partial charge in [-0.2, -0.15) is 0 Å². The van der Waals surface area contributed by atoms with E-state index in [1.165, 1.54) is 7.40 Å². The molecule has 2 rings (SSSR count). The van der Waals surface area contributed by atoms with Crippen molar-refractivity contribution < 1.29 is 11.3 Å². The number of hydrogen-bond donors (Lipinski definition) is 1. The minimum atomic E-state index is -0.537. The van der Waals surface area contributed by atoms with Crippen LogP contribution in [-0.4, -0.2) is 17.0 Å². The number of ketones is 1. The van der Waals surface area contributed by atoms with Crippen molar-refractivity contribution in [1.82, 2.24) is 0 Å². The molecule has 0 heterocycles. The van der Waals surface area contributed by atoms with Crippen LogP contribution in [0.15, 0.2) is 11.8 Å². The number of nitrogens with zero attached hydrogens (tertiary/aromatic N) is 1. The average Bonchev–Trinajstić information content (AvgIpc) is 2.39. The Bertz CT molecular complexity index is 436. The van der Waals surface area contributed by atoms with Gasteiger partial charge in [0.05, 0.1) is 12.7 Å². The van der Waals surface area contributed by atoms with Crippen LogP contribution in [0.1, 0.15) is 48.8 Å². The Labute approximate surface area is 111 Å². The Morgan fingerprint density at radius 1 is 1.50 bits per heavy atom. The first-order chi connectivity index (χ1) is 8.84. The summed E-state index contributed by atoms with van der Waals surface area (Å²) in [5.41, 5.74) is -0.755. The molecule has 18 heavy (non-hydrogen) atoms. The summed E-state index contributed by atoms with van der Waals surface area (Å²) in [4.78, 5) is 15.6. The normalized spacial score (nSPS) is 38.3. The molecular formula is C15H23NO2. The molecule has 1 saturated carbocycles. The van der Waals surface area contributed by atoms with E-state index in [4.69, 9.17) is 7.94 Å². The molecular weight excluding hydrogens is 226 g/mol. The maximum atomic E-state index is 12.2. The zero-order chi connectivity index (χ0) is 14.8. The summed E-state index contributed by atoms with van der Waals surface area (Å²) in [5, 5.41) is 10.2. The summed E-state index contributed by atoms with van der Waals surface area (Å²) < 4.78 is 5.75. The van der Waals surface area contributed by atoms with E-state index in [1.54, 1.807) is 6.08 Å². The van der Waals surface area contributed by atoms with Crippen LogP contribution in [0.4, 0.5) is 0 Å². The van der Waals surface area contributed by atoms with Gasteiger partial charge in [-0.05, 0) is 18.8 Å². The number of Topliss-reactive ketones (excluding diaryl/α,β-unsaturated/α-hetero) is 1. The number of fused-ring (bicyclic) bond motifs is 1. The van der Waals surface area contributed by atoms with E-state index in [-0.39, 0.29) is 17.4 Å².